The first-order valence-corrected chi connectivity index (χ1v) is 13.0. The highest BCUT2D eigenvalue weighted by Gasteiger charge is 2.40. The van der Waals surface area contributed by atoms with Crippen molar-refractivity contribution >= 4 is 29.2 Å². The Morgan fingerprint density at radius 1 is 0.976 bits per heavy atom. The first-order valence-electron chi connectivity index (χ1n) is 12.2. The van der Waals surface area contributed by atoms with Gasteiger partial charge >= 0.3 is 24.3 Å². The Balaban J connectivity index is 0.000000349. The molecule has 2 aliphatic heterocycles. The van der Waals surface area contributed by atoms with Crippen molar-refractivity contribution in [2.45, 2.75) is 38.7 Å². The first-order chi connectivity index (χ1) is 19.0. The van der Waals surface area contributed by atoms with Crippen molar-refractivity contribution in [3.63, 3.8) is 0 Å². The molecule has 2 aliphatic rings. The predicted molar refractivity (Wildman–Crippen MR) is 134 cm³/mol. The molecule has 16 heteroatoms. The fourth-order valence-corrected chi connectivity index (χ4v) is 5.08. The quantitative estimate of drug-likeness (QED) is 0.487. The van der Waals surface area contributed by atoms with E-state index in [2.05, 4.69) is 22.0 Å². The molecule has 0 bridgehead atoms. The lowest BCUT2D eigenvalue weighted by molar-refractivity contribution is -0.193. The van der Waals surface area contributed by atoms with Crippen molar-refractivity contribution in [3.8, 4) is 0 Å². The largest absolute Gasteiger partial charge is 0.490 e. The van der Waals surface area contributed by atoms with Crippen LogP contribution in [0.4, 0.5) is 26.3 Å². The van der Waals surface area contributed by atoms with E-state index >= 15 is 0 Å². The summed E-state index contributed by atoms with van der Waals surface area (Å²) < 4.78 is 69.5. The Kier molecular flexibility index (Phi) is 12.1. The number of carbonyl (C=O) groups excluding carboxylic acids is 1. The molecule has 0 radical (unpaired) electrons. The average molecular weight is 614 g/mol. The normalized spacial score (nSPS) is 17.4. The summed E-state index contributed by atoms with van der Waals surface area (Å²) in [5.74, 6) is -5.32. The summed E-state index contributed by atoms with van der Waals surface area (Å²) in [6.07, 6.45) is -4.43. The fourth-order valence-electron chi connectivity index (χ4n) is 4.18. The highest BCUT2D eigenvalue weighted by Crippen LogP contribution is 2.35. The van der Waals surface area contributed by atoms with Crippen molar-refractivity contribution in [1.29, 1.82) is 0 Å². The number of ether oxygens (including phenoxy) is 1. The molecule has 0 unspecified atom stereocenters. The summed E-state index contributed by atoms with van der Waals surface area (Å²) >= 11 is 1.55. The molecule has 9 nitrogen and oxygen atoms in total. The van der Waals surface area contributed by atoms with Crippen LogP contribution in [0.5, 0.6) is 0 Å². The molecule has 0 aromatic carbocycles. The average Bonchev–Trinajstić information content (AvgIpc) is 3.23. The molecule has 4 heterocycles. The van der Waals surface area contributed by atoms with Gasteiger partial charge in [-0.05, 0) is 54.5 Å². The summed E-state index contributed by atoms with van der Waals surface area (Å²) in [5, 5.41) is 16.3. The third kappa shape index (κ3) is 10.9. The zero-order valence-corrected chi connectivity index (χ0v) is 22.7. The number of alkyl halides is 6. The van der Waals surface area contributed by atoms with Gasteiger partial charge in [0.1, 0.15) is 0 Å². The van der Waals surface area contributed by atoms with Crippen LogP contribution in [-0.2, 0) is 20.9 Å². The Morgan fingerprint density at radius 3 is 1.98 bits per heavy atom. The minimum atomic E-state index is -5.08. The Hall–Kier alpha value is -3.24. The standard InChI is InChI=1S/C21H27N3O2S.2C2HF3O2/c1-17-4-13-27-19(17)20(25)24-9-5-21(6-10-24)15-23(11-12-26-16-21)14-18-2-7-22-8-3-18;2*3-2(4,5)1(6)7/h2-4,7-8,13H,5-6,9-12,14-16H2,1H3;2*(H,6,7). The molecule has 1 amide bonds. The van der Waals surface area contributed by atoms with Crippen LogP contribution < -0.4 is 0 Å². The summed E-state index contributed by atoms with van der Waals surface area (Å²) in [6.45, 7) is 8.18. The number of carbonyl (C=O) groups is 3. The van der Waals surface area contributed by atoms with Crippen LogP contribution in [0.25, 0.3) is 0 Å². The fraction of sp³-hybridized carbons (Fsp3) is 0.520. The minimum Gasteiger partial charge on any atom is -0.475 e. The Bertz CT molecular complexity index is 1130. The van der Waals surface area contributed by atoms with E-state index in [0.717, 1.165) is 69.2 Å². The van der Waals surface area contributed by atoms with Gasteiger partial charge in [0.15, 0.2) is 0 Å². The van der Waals surface area contributed by atoms with Crippen molar-refractivity contribution in [3.05, 3.63) is 52.0 Å². The van der Waals surface area contributed by atoms with Gasteiger partial charge in [0.05, 0.1) is 18.1 Å². The number of carboxylic acids is 2. The van der Waals surface area contributed by atoms with Gasteiger partial charge in [-0.3, -0.25) is 14.7 Å². The van der Waals surface area contributed by atoms with Crippen molar-refractivity contribution < 1.29 is 55.7 Å². The topological polar surface area (TPSA) is 120 Å². The van der Waals surface area contributed by atoms with E-state index in [4.69, 9.17) is 24.5 Å². The number of piperidine rings is 1. The molecule has 2 fully saturated rings. The molecule has 1 spiro atoms. The van der Waals surface area contributed by atoms with E-state index in [1.165, 1.54) is 5.56 Å². The third-order valence-electron chi connectivity index (χ3n) is 6.33. The number of hydrogen-bond donors (Lipinski definition) is 2. The smallest absolute Gasteiger partial charge is 0.475 e. The van der Waals surface area contributed by atoms with Gasteiger partial charge < -0.3 is 19.8 Å². The van der Waals surface area contributed by atoms with Crippen LogP contribution in [0, 0.1) is 12.3 Å². The van der Waals surface area contributed by atoms with Crippen LogP contribution >= 0.6 is 11.3 Å². The van der Waals surface area contributed by atoms with E-state index in [0.29, 0.717) is 0 Å². The van der Waals surface area contributed by atoms with Gasteiger partial charge in [-0.25, -0.2) is 9.59 Å². The summed E-state index contributed by atoms with van der Waals surface area (Å²) in [4.78, 5) is 40.1. The molecule has 0 atom stereocenters. The van der Waals surface area contributed by atoms with E-state index in [1.54, 1.807) is 11.3 Å². The Morgan fingerprint density at radius 2 is 1.51 bits per heavy atom. The second-order valence-corrected chi connectivity index (χ2v) is 10.4. The zero-order valence-electron chi connectivity index (χ0n) is 21.9. The van der Waals surface area contributed by atoms with Crippen LogP contribution in [0.2, 0.25) is 0 Å². The summed E-state index contributed by atoms with van der Waals surface area (Å²) in [5.41, 5.74) is 2.54. The van der Waals surface area contributed by atoms with Crippen LogP contribution in [0.3, 0.4) is 0 Å². The Labute approximate surface area is 235 Å². The molecule has 41 heavy (non-hydrogen) atoms. The van der Waals surface area contributed by atoms with Crippen molar-refractivity contribution in [2.75, 3.05) is 39.4 Å². The first kappa shape index (κ1) is 34.0. The number of aliphatic carboxylic acids is 2. The highest BCUT2D eigenvalue weighted by atomic mass is 32.1. The van der Waals surface area contributed by atoms with Gasteiger partial charge in [0.25, 0.3) is 5.91 Å². The lowest BCUT2D eigenvalue weighted by Crippen LogP contribution is -2.48. The number of carboxylic acid groups (broad SMARTS) is 2. The lowest BCUT2D eigenvalue weighted by Gasteiger charge is -2.42. The van der Waals surface area contributed by atoms with E-state index in [1.807, 2.05) is 35.7 Å². The van der Waals surface area contributed by atoms with E-state index in [-0.39, 0.29) is 11.3 Å². The van der Waals surface area contributed by atoms with E-state index < -0.39 is 24.3 Å². The number of rotatable bonds is 3. The second-order valence-electron chi connectivity index (χ2n) is 9.45. The van der Waals surface area contributed by atoms with Gasteiger partial charge in [0.2, 0.25) is 0 Å². The number of aryl methyl sites for hydroxylation is 1. The minimum absolute atomic E-state index is 0.158. The van der Waals surface area contributed by atoms with Gasteiger partial charge in [-0.2, -0.15) is 26.3 Å². The van der Waals surface area contributed by atoms with Crippen LogP contribution in [0.1, 0.15) is 33.6 Å². The maximum atomic E-state index is 12.8. The van der Waals surface area contributed by atoms with Crippen molar-refractivity contribution in [2.24, 2.45) is 5.41 Å². The molecule has 2 aromatic rings. The van der Waals surface area contributed by atoms with Gasteiger partial charge in [-0.1, -0.05) is 0 Å². The summed E-state index contributed by atoms with van der Waals surface area (Å²) in [6, 6.07) is 6.20. The number of likely N-dealkylation sites (tertiary alicyclic amines) is 1. The number of halogens is 6. The molecule has 4 rings (SSSR count). The predicted octanol–water partition coefficient (Wildman–Crippen LogP) is 4.47. The molecule has 0 saturated carbocycles. The number of hydrogen-bond acceptors (Lipinski definition) is 7. The molecule has 2 aromatic heterocycles. The molecular formula is C25H29F6N3O6S. The zero-order chi connectivity index (χ0) is 30.8. The second kappa shape index (κ2) is 14.6. The maximum Gasteiger partial charge on any atom is 0.490 e. The number of thiophene rings is 1. The highest BCUT2D eigenvalue weighted by molar-refractivity contribution is 7.12. The van der Waals surface area contributed by atoms with Crippen LogP contribution in [-0.4, -0.2) is 94.6 Å². The third-order valence-corrected chi connectivity index (χ3v) is 7.33. The summed E-state index contributed by atoms with van der Waals surface area (Å²) in [7, 11) is 0. The molecule has 0 aliphatic carbocycles. The van der Waals surface area contributed by atoms with Gasteiger partial charge in [0, 0.05) is 50.5 Å². The van der Waals surface area contributed by atoms with Crippen LogP contribution in [0.15, 0.2) is 36.0 Å². The lowest BCUT2D eigenvalue weighted by atomic mass is 9.78. The molecule has 2 N–H and O–H groups in total. The maximum absolute atomic E-state index is 12.8. The van der Waals surface area contributed by atoms with E-state index in [9.17, 15) is 31.1 Å². The van der Waals surface area contributed by atoms with Crippen molar-refractivity contribution in [1.82, 2.24) is 14.8 Å². The molecule has 228 valence electrons. The monoisotopic (exact) mass is 613 g/mol. The van der Waals surface area contributed by atoms with Gasteiger partial charge in [-0.15, -0.1) is 11.3 Å². The number of pyridine rings is 1. The number of aromatic nitrogens is 1. The molecular weight excluding hydrogens is 584 g/mol. The molecule has 2 saturated heterocycles. The SMILES string of the molecule is Cc1ccsc1C(=O)N1CCC2(CC1)COCCN(Cc1ccncc1)C2.O=C(O)C(F)(F)F.O=C(O)C(F)(F)F. The number of amides is 1. The number of nitrogens with zero attached hydrogens (tertiary/aromatic N) is 3.